The van der Waals surface area contributed by atoms with Gasteiger partial charge in [0.1, 0.15) is 11.6 Å². The maximum Gasteiger partial charge on any atom is 0.217 e. The van der Waals surface area contributed by atoms with Gasteiger partial charge in [-0.1, -0.05) is 39.0 Å². The number of nitrogens with one attached hydrogen (secondary N) is 2. The van der Waals surface area contributed by atoms with Gasteiger partial charge >= 0.3 is 0 Å². The van der Waals surface area contributed by atoms with Crippen LogP contribution in [0.2, 0.25) is 0 Å². The molecule has 3 aromatic rings. The number of aryl methyl sites for hydroxylation is 2. The number of nitrogens with zero attached hydrogens (tertiary/aromatic N) is 2. The van der Waals surface area contributed by atoms with Crippen LogP contribution in [0, 0.1) is 17.0 Å². The van der Waals surface area contributed by atoms with E-state index in [0.29, 0.717) is 5.56 Å². The van der Waals surface area contributed by atoms with Crippen LogP contribution < -0.4 is 10.6 Å². The van der Waals surface area contributed by atoms with Gasteiger partial charge in [0, 0.05) is 26.6 Å². The molecule has 0 spiro atoms. The fourth-order valence-corrected chi connectivity index (χ4v) is 5.49. The third kappa shape index (κ3) is 7.86. The number of imidazole rings is 1. The third-order valence-corrected chi connectivity index (χ3v) is 7.26. The molecule has 1 amide bonds. The summed E-state index contributed by atoms with van der Waals surface area (Å²) in [5.41, 5.74) is 6.36. The van der Waals surface area contributed by atoms with E-state index < -0.39 is 23.8 Å². The molecule has 4 rings (SSSR count). The van der Waals surface area contributed by atoms with Gasteiger partial charge in [-0.05, 0) is 77.1 Å². The molecule has 6 nitrogen and oxygen atoms in total. The average molecular weight is 551 g/mol. The van der Waals surface area contributed by atoms with Crippen LogP contribution in [0.15, 0.2) is 54.5 Å². The van der Waals surface area contributed by atoms with Crippen molar-refractivity contribution in [2.75, 3.05) is 6.54 Å². The summed E-state index contributed by atoms with van der Waals surface area (Å²) in [5, 5.41) is 17.6. The fourth-order valence-electron chi connectivity index (χ4n) is 5.49. The Labute approximate surface area is 235 Å². The second-order valence-corrected chi connectivity index (χ2v) is 12.1. The Morgan fingerprint density at radius 3 is 2.50 bits per heavy atom. The van der Waals surface area contributed by atoms with E-state index in [9.17, 15) is 18.7 Å². The minimum absolute atomic E-state index is 0.0891. The number of hydrogen-bond donors (Lipinski definition) is 3. The lowest BCUT2D eigenvalue weighted by molar-refractivity contribution is -0.120. The van der Waals surface area contributed by atoms with E-state index in [-0.39, 0.29) is 30.3 Å². The van der Waals surface area contributed by atoms with Crippen LogP contribution in [-0.4, -0.2) is 39.3 Å². The first-order valence-electron chi connectivity index (χ1n) is 13.8. The largest absolute Gasteiger partial charge is 0.390 e. The first-order valence-corrected chi connectivity index (χ1v) is 13.8. The SMILES string of the molecule is CC(=O)NC(Cc1cc(F)cc(F)c1)C(O)CNC1C(=Cc2cncn2C)CCc2ccc(CC(C)(C)C)cc21. The predicted octanol–water partition coefficient (Wildman–Crippen LogP) is 5.06. The highest BCUT2D eigenvalue weighted by atomic mass is 19.1. The highest BCUT2D eigenvalue weighted by molar-refractivity contribution is 5.73. The molecule has 0 fully saturated rings. The van der Waals surface area contributed by atoms with Crippen molar-refractivity contribution in [2.24, 2.45) is 12.5 Å². The molecule has 0 saturated heterocycles. The topological polar surface area (TPSA) is 79.2 Å². The van der Waals surface area contributed by atoms with Crippen LogP contribution >= 0.6 is 0 Å². The molecule has 40 heavy (non-hydrogen) atoms. The summed E-state index contributed by atoms with van der Waals surface area (Å²) in [5.74, 6) is -1.72. The van der Waals surface area contributed by atoms with Crippen molar-refractivity contribution in [3.8, 4) is 0 Å². The monoisotopic (exact) mass is 550 g/mol. The molecule has 1 aromatic heterocycles. The highest BCUT2D eigenvalue weighted by Gasteiger charge is 2.28. The number of hydrogen-bond acceptors (Lipinski definition) is 4. The number of amides is 1. The van der Waals surface area contributed by atoms with Crippen LogP contribution in [0.3, 0.4) is 0 Å². The highest BCUT2D eigenvalue weighted by Crippen LogP contribution is 2.37. The molecular formula is C32H40F2N4O2. The standard InChI is InChI=1S/C32H40F2N4O2/c1-20(39)37-29(13-22-10-25(33)15-26(34)11-22)30(40)18-36-31-24(14-27-17-35-19-38(27)5)9-8-23-7-6-21(12-28(23)31)16-32(2,3)4/h6-7,10-12,14-15,17,19,29-31,36,40H,8-9,13,16,18H2,1-5H3,(H,37,39). The van der Waals surface area contributed by atoms with Crippen molar-refractivity contribution in [2.45, 2.75) is 71.6 Å². The zero-order chi connectivity index (χ0) is 29.0. The normalized spacial score (nSPS) is 17.9. The van der Waals surface area contributed by atoms with E-state index in [2.05, 4.69) is 60.7 Å². The van der Waals surface area contributed by atoms with Gasteiger partial charge in [-0.3, -0.25) is 4.79 Å². The number of aromatic nitrogens is 2. The van der Waals surface area contributed by atoms with E-state index in [0.717, 1.165) is 31.0 Å². The first-order chi connectivity index (χ1) is 18.9. The Morgan fingerprint density at radius 2 is 1.88 bits per heavy atom. The summed E-state index contributed by atoms with van der Waals surface area (Å²) in [4.78, 5) is 16.2. The Balaban J connectivity index is 1.62. The number of halogens is 2. The Hall–Kier alpha value is -3.36. The molecule has 214 valence electrons. The van der Waals surface area contributed by atoms with Crippen molar-refractivity contribution in [1.82, 2.24) is 20.2 Å². The van der Waals surface area contributed by atoms with Crippen LogP contribution in [0.5, 0.6) is 0 Å². The minimum atomic E-state index is -1.00. The molecule has 0 bridgehead atoms. The summed E-state index contributed by atoms with van der Waals surface area (Å²) in [6.45, 7) is 8.19. The number of carbonyl (C=O) groups is 1. The van der Waals surface area contributed by atoms with Gasteiger partial charge in [-0.15, -0.1) is 0 Å². The van der Waals surface area contributed by atoms with E-state index in [4.69, 9.17) is 0 Å². The number of fused-ring (bicyclic) bond motifs is 1. The molecule has 3 atom stereocenters. The molecule has 0 aliphatic heterocycles. The van der Waals surface area contributed by atoms with Gasteiger partial charge in [-0.25, -0.2) is 13.8 Å². The zero-order valence-electron chi connectivity index (χ0n) is 24.0. The summed E-state index contributed by atoms with van der Waals surface area (Å²) >= 11 is 0. The average Bonchev–Trinajstić information content (AvgIpc) is 3.25. The van der Waals surface area contributed by atoms with Crippen LogP contribution in [-0.2, 0) is 31.1 Å². The smallest absolute Gasteiger partial charge is 0.217 e. The number of aliphatic hydroxyl groups is 1. The van der Waals surface area contributed by atoms with Crippen molar-refractivity contribution in [3.05, 3.63) is 94.1 Å². The van der Waals surface area contributed by atoms with Crippen LogP contribution in [0.1, 0.15) is 68.1 Å². The van der Waals surface area contributed by atoms with Crippen LogP contribution in [0.25, 0.3) is 6.08 Å². The van der Waals surface area contributed by atoms with Crippen molar-refractivity contribution in [1.29, 1.82) is 0 Å². The molecule has 1 aliphatic carbocycles. The number of benzene rings is 2. The molecule has 3 unspecified atom stereocenters. The molecule has 8 heteroatoms. The number of rotatable bonds is 9. The lowest BCUT2D eigenvalue weighted by Crippen LogP contribution is -2.49. The number of aliphatic hydroxyl groups excluding tert-OH is 1. The maximum absolute atomic E-state index is 13.8. The molecule has 1 aliphatic rings. The van der Waals surface area contributed by atoms with E-state index in [1.165, 1.54) is 41.3 Å². The lowest BCUT2D eigenvalue weighted by atomic mass is 9.80. The second kappa shape index (κ2) is 12.4. The van der Waals surface area contributed by atoms with Gasteiger partial charge in [0.15, 0.2) is 0 Å². The Bertz CT molecular complexity index is 1360. The molecule has 0 saturated carbocycles. The molecule has 1 heterocycles. The Morgan fingerprint density at radius 1 is 1.15 bits per heavy atom. The second-order valence-electron chi connectivity index (χ2n) is 12.1. The van der Waals surface area contributed by atoms with Crippen molar-refractivity contribution < 1.29 is 18.7 Å². The summed E-state index contributed by atoms with van der Waals surface area (Å²) < 4.78 is 29.6. The van der Waals surface area contributed by atoms with Crippen molar-refractivity contribution >= 4 is 12.0 Å². The molecule has 0 radical (unpaired) electrons. The Kier molecular flexibility index (Phi) is 9.21. The zero-order valence-corrected chi connectivity index (χ0v) is 24.0. The minimum Gasteiger partial charge on any atom is -0.390 e. The van der Waals surface area contributed by atoms with Gasteiger partial charge in [0.25, 0.3) is 0 Å². The molecule has 3 N–H and O–H groups in total. The molecule has 2 aromatic carbocycles. The fraction of sp³-hybridized carbons (Fsp3) is 0.438. The third-order valence-electron chi connectivity index (χ3n) is 7.26. The summed E-state index contributed by atoms with van der Waals surface area (Å²) in [6, 6.07) is 9.05. The molecular weight excluding hydrogens is 510 g/mol. The quantitative estimate of drug-likeness (QED) is 0.348. The van der Waals surface area contributed by atoms with Crippen LogP contribution in [0.4, 0.5) is 8.78 Å². The number of carbonyl (C=O) groups excluding carboxylic acids is 1. The van der Waals surface area contributed by atoms with E-state index in [1.54, 1.807) is 6.33 Å². The maximum atomic E-state index is 13.8. The summed E-state index contributed by atoms with van der Waals surface area (Å²) in [6.07, 6.45) is 7.53. The van der Waals surface area contributed by atoms with Crippen molar-refractivity contribution in [3.63, 3.8) is 0 Å². The van der Waals surface area contributed by atoms with E-state index >= 15 is 0 Å². The van der Waals surface area contributed by atoms with Gasteiger partial charge in [-0.2, -0.15) is 0 Å². The van der Waals surface area contributed by atoms with Gasteiger partial charge < -0.3 is 20.3 Å². The van der Waals surface area contributed by atoms with Gasteiger partial charge in [0.05, 0.1) is 36.4 Å². The summed E-state index contributed by atoms with van der Waals surface area (Å²) in [7, 11) is 1.96. The lowest BCUT2D eigenvalue weighted by Gasteiger charge is -2.33. The predicted molar refractivity (Wildman–Crippen MR) is 154 cm³/mol. The van der Waals surface area contributed by atoms with E-state index in [1.807, 2.05) is 17.8 Å². The first kappa shape index (κ1) is 29.6. The van der Waals surface area contributed by atoms with Gasteiger partial charge in [0.2, 0.25) is 5.91 Å².